The molecule has 0 amide bonds. The molecule has 112 valence electrons. The van der Waals surface area contributed by atoms with Crippen molar-refractivity contribution < 1.29 is 13.9 Å². The van der Waals surface area contributed by atoms with Gasteiger partial charge in [-0.15, -0.1) is 11.8 Å². The van der Waals surface area contributed by atoms with Gasteiger partial charge in [0, 0.05) is 16.0 Å². The van der Waals surface area contributed by atoms with E-state index in [2.05, 4.69) is 0 Å². The summed E-state index contributed by atoms with van der Waals surface area (Å²) in [5.41, 5.74) is 0.813. The maximum Gasteiger partial charge on any atom is 0.307 e. The summed E-state index contributed by atoms with van der Waals surface area (Å²) in [5, 5.41) is 1.02. The van der Waals surface area contributed by atoms with Gasteiger partial charge in [0.25, 0.3) is 0 Å². The Labute approximate surface area is 133 Å². The minimum Gasteiger partial charge on any atom is -0.457 e. The lowest BCUT2D eigenvalue weighted by Crippen LogP contribution is -2.05. The number of carbonyl (C=O) groups excluding carboxylic acids is 1. The molecule has 1 aromatic heterocycles. The van der Waals surface area contributed by atoms with E-state index < -0.39 is 0 Å². The van der Waals surface area contributed by atoms with Crippen molar-refractivity contribution in [1.29, 1.82) is 0 Å². The van der Waals surface area contributed by atoms with E-state index in [1.807, 2.05) is 60.7 Å². The summed E-state index contributed by atoms with van der Waals surface area (Å²) in [6.45, 7) is 0.184. The number of hydrogen-bond donors (Lipinski definition) is 0. The van der Waals surface area contributed by atoms with E-state index in [1.165, 1.54) is 0 Å². The Morgan fingerprint density at radius 2 is 1.82 bits per heavy atom. The van der Waals surface area contributed by atoms with Crippen LogP contribution in [0.25, 0.3) is 11.0 Å². The van der Waals surface area contributed by atoms with Gasteiger partial charge in [0.2, 0.25) is 0 Å². The lowest BCUT2D eigenvalue weighted by Gasteiger charge is -2.03. The molecule has 3 aromatic rings. The third-order valence-corrected chi connectivity index (χ3v) is 4.18. The first-order valence-corrected chi connectivity index (χ1v) is 8.11. The first kappa shape index (κ1) is 14.7. The highest BCUT2D eigenvalue weighted by atomic mass is 32.2. The number of rotatable bonds is 6. The summed E-state index contributed by atoms with van der Waals surface area (Å²) in [6, 6.07) is 19.7. The van der Waals surface area contributed by atoms with Crippen molar-refractivity contribution in [2.75, 3.05) is 5.75 Å². The minimum atomic E-state index is -0.205. The molecule has 3 nitrogen and oxygen atoms in total. The van der Waals surface area contributed by atoms with Crippen molar-refractivity contribution in [1.82, 2.24) is 0 Å². The summed E-state index contributed by atoms with van der Waals surface area (Å²) < 4.78 is 10.9. The molecule has 22 heavy (non-hydrogen) atoms. The standard InChI is InChI=1S/C18H16O3S/c19-18(10-11-22-16-7-2-1-3-8-16)20-13-15-12-14-6-4-5-9-17(14)21-15/h1-9,12H,10-11,13H2. The van der Waals surface area contributed by atoms with Gasteiger partial charge in [-0.2, -0.15) is 0 Å². The molecule has 0 aliphatic carbocycles. The number of ether oxygens (including phenoxy) is 1. The van der Waals surface area contributed by atoms with E-state index in [0.29, 0.717) is 17.9 Å². The SMILES string of the molecule is O=C(CCSc1ccccc1)OCc1cc2ccccc2o1. The van der Waals surface area contributed by atoms with E-state index in [-0.39, 0.29) is 12.6 Å². The number of benzene rings is 2. The number of thioether (sulfide) groups is 1. The maximum absolute atomic E-state index is 11.7. The topological polar surface area (TPSA) is 39.4 Å². The molecule has 0 aliphatic heterocycles. The van der Waals surface area contributed by atoms with Crippen LogP contribution < -0.4 is 0 Å². The summed E-state index contributed by atoms with van der Waals surface area (Å²) in [4.78, 5) is 12.9. The molecule has 0 saturated carbocycles. The molecule has 4 heteroatoms. The summed E-state index contributed by atoms with van der Waals surface area (Å²) in [5.74, 6) is 1.18. The van der Waals surface area contributed by atoms with E-state index >= 15 is 0 Å². The van der Waals surface area contributed by atoms with E-state index in [9.17, 15) is 4.79 Å². The molecule has 0 N–H and O–H groups in total. The van der Waals surface area contributed by atoms with E-state index in [0.717, 1.165) is 15.9 Å². The fourth-order valence-corrected chi connectivity index (χ4v) is 2.95. The zero-order valence-electron chi connectivity index (χ0n) is 12.0. The van der Waals surface area contributed by atoms with Gasteiger partial charge in [-0.1, -0.05) is 36.4 Å². The molecule has 0 aliphatic rings. The highest BCUT2D eigenvalue weighted by Gasteiger charge is 2.07. The lowest BCUT2D eigenvalue weighted by atomic mass is 10.2. The Bertz CT molecular complexity index is 716. The summed E-state index contributed by atoms with van der Waals surface area (Å²) in [6.07, 6.45) is 0.389. The van der Waals surface area contributed by atoms with Crippen LogP contribution in [0.4, 0.5) is 0 Å². The molecule has 2 aromatic carbocycles. The lowest BCUT2D eigenvalue weighted by molar-refractivity contribution is -0.144. The molecule has 1 heterocycles. The van der Waals surface area contributed by atoms with E-state index in [4.69, 9.17) is 9.15 Å². The van der Waals surface area contributed by atoms with Crippen LogP contribution in [0.1, 0.15) is 12.2 Å². The van der Waals surface area contributed by atoms with Gasteiger partial charge < -0.3 is 9.15 Å². The Kier molecular flexibility index (Phi) is 4.81. The minimum absolute atomic E-state index is 0.184. The molecule has 0 bridgehead atoms. The number of hydrogen-bond acceptors (Lipinski definition) is 4. The van der Waals surface area contributed by atoms with Crippen molar-refractivity contribution in [2.24, 2.45) is 0 Å². The van der Waals surface area contributed by atoms with Crippen LogP contribution in [0.2, 0.25) is 0 Å². The molecule has 0 radical (unpaired) electrons. The maximum atomic E-state index is 11.7. The molecule has 0 unspecified atom stereocenters. The Morgan fingerprint density at radius 1 is 1.05 bits per heavy atom. The van der Waals surface area contributed by atoms with Gasteiger partial charge in [-0.05, 0) is 24.3 Å². The Balaban J connectivity index is 1.44. The fraction of sp³-hybridized carbons (Fsp3) is 0.167. The molecular formula is C18H16O3S. The van der Waals surface area contributed by atoms with Crippen LogP contribution in [0, 0.1) is 0 Å². The Hall–Kier alpha value is -2.20. The molecule has 3 rings (SSSR count). The van der Waals surface area contributed by atoms with E-state index in [1.54, 1.807) is 11.8 Å². The quantitative estimate of drug-likeness (QED) is 0.490. The largest absolute Gasteiger partial charge is 0.457 e. The second-order valence-electron chi connectivity index (χ2n) is 4.82. The number of furan rings is 1. The van der Waals surface area contributed by atoms with Crippen LogP contribution in [0.15, 0.2) is 70.0 Å². The average molecular weight is 312 g/mol. The third-order valence-electron chi connectivity index (χ3n) is 3.17. The number of carbonyl (C=O) groups is 1. The second kappa shape index (κ2) is 7.18. The zero-order chi connectivity index (χ0) is 15.2. The van der Waals surface area contributed by atoms with Crippen LogP contribution in [-0.2, 0) is 16.1 Å². The van der Waals surface area contributed by atoms with Gasteiger partial charge >= 0.3 is 5.97 Å². The Morgan fingerprint density at radius 3 is 2.64 bits per heavy atom. The molecule has 0 fully saturated rings. The fourth-order valence-electron chi connectivity index (χ4n) is 2.10. The van der Waals surface area contributed by atoms with Gasteiger partial charge in [0.1, 0.15) is 18.0 Å². The van der Waals surface area contributed by atoms with Crippen LogP contribution in [0.5, 0.6) is 0 Å². The normalized spacial score (nSPS) is 10.7. The zero-order valence-corrected chi connectivity index (χ0v) is 12.8. The highest BCUT2D eigenvalue weighted by Crippen LogP contribution is 2.20. The smallest absolute Gasteiger partial charge is 0.307 e. The molecule has 0 saturated heterocycles. The summed E-state index contributed by atoms with van der Waals surface area (Å²) >= 11 is 1.65. The highest BCUT2D eigenvalue weighted by molar-refractivity contribution is 7.99. The first-order chi connectivity index (χ1) is 10.8. The van der Waals surface area contributed by atoms with Crippen molar-refractivity contribution in [3.05, 3.63) is 66.4 Å². The molecule has 0 spiro atoms. The van der Waals surface area contributed by atoms with Crippen LogP contribution in [0.3, 0.4) is 0 Å². The predicted molar refractivity (Wildman–Crippen MR) is 87.8 cm³/mol. The second-order valence-corrected chi connectivity index (χ2v) is 5.99. The first-order valence-electron chi connectivity index (χ1n) is 7.12. The van der Waals surface area contributed by atoms with Crippen LogP contribution >= 0.6 is 11.8 Å². The van der Waals surface area contributed by atoms with Gasteiger partial charge in [0.05, 0.1) is 6.42 Å². The predicted octanol–water partition coefficient (Wildman–Crippen LogP) is 4.66. The number of para-hydroxylation sites is 1. The van der Waals surface area contributed by atoms with Gasteiger partial charge in [0.15, 0.2) is 0 Å². The third kappa shape index (κ3) is 3.92. The van der Waals surface area contributed by atoms with Crippen molar-refractivity contribution in [2.45, 2.75) is 17.9 Å². The van der Waals surface area contributed by atoms with Crippen molar-refractivity contribution >= 4 is 28.7 Å². The number of fused-ring (bicyclic) bond motifs is 1. The average Bonchev–Trinajstić information content (AvgIpc) is 2.97. The summed E-state index contributed by atoms with van der Waals surface area (Å²) in [7, 11) is 0. The van der Waals surface area contributed by atoms with Crippen LogP contribution in [-0.4, -0.2) is 11.7 Å². The molecule has 0 atom stereocenters. The number of esters is 1. The van der Waals surface area contributed by atoms with Gasteiger partial charge in [-0.25, -0.2) is 0 Å². The monoisotopic (exact) mass is 312 g/mol. The van der Waals surface area contributed by atoms with Gasteiger partial charge in [-0.3, -0.25) is 4.79 Å². The van der Waals surface area contributed by atoms with Crippen molar-refractivity contribution in [3.63, 3.8) is 0 Å². The van der Waals surface area contributed by atoms with Crippen molar-refractivity contribution in [3.8, 4) is 0 Å². The molecular weight excluding hydrogens is 296 g/mol.